The number of anilines is 1. The monoisotopic (exact) mass is 379 g/mol. The number of rotatable bonds is 3. The van der Waals surface area contributed by atoms with Crippen LogP contribution in [0.15, 0.2) is 30.5 Å². The van der Waals surface area contributed by atoms with Crippen molar-refractivity contribution < 1.29 is 24.5 Å². The Labute approximate surface area is 160 Å². The predicted octanol–water partition coefficient (Wildman–Crippen LogP) is 0.700. The number of aliphatic hydroxyl groups excluding tert-OH is 1. The van der Waals surface area contributed by atoms with Crippen molar-refractivity contribution in [2.24, 2.45) is 17.8 Å². The molecule has 1 aromatic heterocycles. The lowest BCUT2D eigenvalue weighted by Crippen LogP contribution is -2.37. The SMILES string of the molecule is N#Cc1ccc(N2C(=O)C3C4CC(CC(O)O)C(O4)C3C2=O)c2cccnc12. The van der Waals surface area contributed by atoms with Crippen molar-refractivity contribution in [3.05, 3.63) is 36.0 Å². The number of carbonyl (C=O) groups is 2. The van der Waals surface area contributed by atoms with Gasteiger partial charge in [-0.05, 0) is 36.6 Å². The first-order chi connectivity index (χ1) is 13.5. The van der Waals surface area contributed by atoms with E-state index in [2.05, 4.69) is 11.1 Å². The van der Waals surface area contributed by atoms with E-state index in [0.29, 0.717) is 28.6 Å². The number of imide groups is 1. The molecule has 0 spiro atoms. The van der Waals surface area contributed by atoms with Crippen molar-refractivity contribution in [2.75, 3.05) is 4.90 Å². The molecule has 5 unspecified atom stereocenters. The normalized spacial score (nSPS) is 31.1. The number of pyridine rings is 1. The number of aromatic nitrogens is 1. The summed E-state index contributed by atoms with van der Waals surface area (Å²) in [5, 5.41) is 28.5. The smallest absolute Gasteiger partial charge is 0.240 e. The molecular formula is C20H17N3O5. The number of amides is 2. The molecule has 0 saturated carbocycles. The Bertz CT molecular complexity index is 1050. The van der Waals surface area contributed by atoms with E-state index in [1.165, 1.54) is 4.90 Å². The maximum absolute atomic E-state index is 13.2. The quantitative estimate of drug-likeness (QED) is 0.594. The van der Waals surface area contributed by atoms with E-state index >= 15 is 0 Å². The van der Waals surface area contributed by atoms with Gasteiger partial charge in [0.25, 0.3) is 0 Å². The van der Waals surface area contributed by atoms with Crippen LogP contribution in [-0.4, -0.2) is 45.5 Å². The van der Waals surface area contributed by atoms with Crippen molar-refractivity contribution in [1.29, 1.82) is 5.26 Å². The van der Waals surface area contributed by atoms with Crippen LogP contribution < -0.4 is 4.90 Å². The van der Waals surface area contributed by atoms with Gasteiger partial charge in [0.2, 0.25) is 11.8 Å². The van der Waals surface area contributed by atoms with Gasteiger partial charge in [-0.2, -0.15) is 5.26 Å². The number of hydrogen-bond acceptors (Lipinski definition) is 7. The Hall–Kier alpha value is -2.86. The molecule has 4 heterocycles. The van der Waals surface area contributed by atoms with Crippen molar-refractivity contribution in [2.45, 2.75) is 31.3 Å². The average molecular weight is 379 g/mol. The highest BCUT2D eigenvalue weighted by atomic mass is 16.5. The fourth-order valence-electron chi connectivity index (χ4n) is 5.04. The van der Waals surface area contributed by atoms with Gasteiger partial charge in [-0.25, -0.2) is 4.90 Å². The van der Waals surface area contributed by atoms with E-state index in [4.69, 9.17) is 4.74 Å². The number of aliphatic hydroxyl groups is 2. The zero-order chi connectivity index (χ0) is 19.6. The molecule has 8 nitrogen and oxygen atoms in total. The van der Waals surface area contributed by atoms with Crippen LogP contribution in [0.5, 0.6) is 0 Å². The average Bonchev–Trinajstić information content (AvgIpc) is 3.32. The first-order valence-electron chi connectivity index (χ1n) is 9.18. The molecule has 28 heavy (non-hydrogen) atoms. The Kier molecular flexibility index (Phi) is 3.74. The number of benzene rings is 1. The second-order valence-electron chi connectivity index (χ2n) is 7.56. The van der Waals surface area contributed by atoms with Crippen molar-refractivity contribution >= 4 is 28.4 Å². The minimum atomic E-state index is -1.47. The molecule has 2 aromatic rings. The van der Waals surface area contributed by atoms with E-state index in [0.717, 1.165) is 0 Å². The number of nitriles is 1. The van der Waals surface area contributed by atoms with Gasteiger partial charge >= 0.3 is 0 Å². The first kappa shape index (κ1) is 17.3. The summed E-state index contributed by atoms with van der Waals surface area (Å²) in [6, 6.07) is 8.69. The Morgan fingerprint density at radius 3 is 2.79 bits per heavy atom. The van der Waals surface area contributed by atoms with Crippen LogP contribution in [0.1, 0.15) is 18.4 Å². The molecule has 0 radical (unpaired) electrons. The number of nitrogens with zero attached hydrogens (tertiary/aromatic N) is 3. The summed E-state index contributed by atoms with van der Waals surface area (Å²) < 4.78 is 5.86. The van der Waals surface area contributed by atoms with Crippen molar-refractivity contribution in [3.63, 3.8) is 0 Å². The summed E-state index contributed by atoms with van der Waals surface area (Å²) in [7, 11) is 0. The molecular weight excluding hydrogens is 362 g/mol. The minimum Gasteiger partial charge on any atom is -0.373 e. The number of fused-ring (bicyclic) bond motifs is 6. The first-order valence-corrected chi connectivity index (χ1v) is 9.18. The molecule has 5 atom stereocenters. The Morgan fingerprint density at radius 2 is 2.04 bits per heavy atom. The summed E-state index contributed by atoms with van der Waals surface area (Å²) in [5.41, 5.74) is 1.24. The highest BCUT2D eigenvalue weighted by Gasteiger charge is 2.65. The minimum absolute atomic E-state index is 0.121. The van der Waals surface area contributed by atoms with Gasteiger partial charge in [-0.15, -0.1) is 0 Å². The standard InChI is InChI=1S/C20H17N3O5/c21-8-9-3-4-12(11-2-1-5-22-17(9)11)23-19(26)15-13-6-10(7-14(24)25)18(28-13)16(15)20(23)27/h1-5,10,13-16,18,24-25H,6-7H2. The van der Waals surface area contributed by atoms with Gasteiger partial charge in [0.1, 0.15) is 6.07 Å². The van der Waals surface area contributed by atoms with E-state index in [9.17, 15) is 25.1 Å². The van der Waals surface area contributed by atoms with Crippen LogP contribution in [0.25, 0.3) is 10.9 Å². The molecule has 2 bridgehead atoms. The van der Waals surface area contributed by atoms with Crippen LogP contribution in [0.4, 0.5) is 5.69 Å². The van der Waals surface area contributed by atoms with Gasteiger partial charge in [0.15, 0.2) is 6.29 Å². The van der Waals surface area contributed by atoms with Gasteiger partial charge in [0.05, 0.1) is 40.8 Å². The molecule has 5 rings (SSSR count). The molecule has 2 N–H and O–H groups in total. The van der Waals surface area contributed by atoms with E-state index in [-0.39, 0.29) is 30.3 Å². The zero-order valence-corrected chi connectivity index (χ0v) is 14.7. The zero-order valence-electron chi connectivity index (χ0n) is 14.7. The number of carbonyl (C=O) groups excluding carboxylic acids is 2. The number of ether oxygens (including phenoxy) is 1. The molecule has 142 valence electrons. The van der Waals surface area contributed by atoms with E-state index in [1.54, 1.807) is 30.5 Å². The Balaban J connectivity index is 1.56. The molecule has 3 fully saturated rings. The highest BCUT2D eigenvalue weighted by Crippen LogP contribution is 2.53. The van der Waals surface area contributed by atoms with E-state index in [1.807, 2.05) is 0 Å². The molecule has 1 aromatic carbocycles. The van der Waals surface area contributed by atoms with Gasteiger partial charge in [-0.3, -0.25) is 14.6 Å². The highest BCUT2D eigenvalue weighted by molar-refractivity contribution is 6.25. The van der Waals surface area contributed by atoms with Crippen molar-refractivity contribution in [1.82, 2.24) is 4.98 Å². The van der Waals surface area contributed by atoms with Crippen molar-refractivity contribution in [3.8, 4) is 6.07 Å². The second kappa shape index (κ2) is 6.07. The molecule has 3 saturated heterocycles. The largest absolute Gasteiger partial charge is 0.373 e. The summed E-state index contributed by atoms with van der Waals surface area (Å²) in [6.45, 7) is 0. The molecule has 8 heteroatoms. The summed E-state index contributed by atoms with van der Waals surface area (Å²) >= 11 is 0. The molecule has 3 aliphatic heterocycles. The lowest BCUT2D eigenvalue weighted by atomic mass is 9.74. The molecule has 0 aliphatic carbocycles. The predicted molar refractivity (Wildman–Crippen MR) is 95.5 cm³/mol. The Morgan fingerprint density at radius 1 is 1.25 bits per heavy atom. The maximum atomic E-state index is 13.2. The molecule has 2 amide bonds. The third-order valence-electron chi connectivity index (χ3n) is 6.11. The summed E-state index contributed by atoms with van der Waals surface area (Å²) in [6.07, 6.45) is -0.123. The van der Waals surface area contributed by atoms with Crippen LogP contribution in [-0.2, 0) is 14.3 Å². The van der Waals surface area contributed by atoms with Crippen LogP contribution in [0.2, 0.25) is 0 Å². The third-order valence-corrected chi connectivity index (χ3v) is 6.11. The number of hydrogen-bond donors (Lipinski definition) is 2. The molecule has 3 aliphatic rings. The summed E-state index contributed by atoms with van der Waals surface area (Å²) in [5.74, 6) is -1.97. The maximum Gasteiger partial charge on any atom is 0.240 e. The van der Waals surface area contributed by atoms with E-state index < -0.39 is 24.2 Å². The van der Waals surface area contributed by atoms with Gasteiger partial charge < -0.3 is 14.9 Å². The fourth-order valence-corrected chi connectivity index (χ4v) is 5.04. The van der Waals surface area contributed by atoms with Gasteiger partial charge in [-0.1, -0.05) is 0 Å². The second-order valence-corrected chi connectivity index (χ2v) is 7.56. The third kappa shape index (κ3) is 2.24. The van der Waals surface area contributed by atoms with Crippen LogP contribution >= 0.6 is 0 Å². The summed E-state index contributed by atoms with van der Waals surface area (Å²) in [4.78, 5) is 31.8. The van der Waals surface area contributed by atoms with Gasteiger partial charge in [0, 0.05) is 18.0 Å². The van der Waals surface area contributed by atoms with Crippen LogP contribution in [0.3, 0.4) is 0 Å². The lowest BCUT2D eigenvalue weighted by molar-refractivity contribution is -0.125. The lowest BCUT2D eigenvalue weighted by Gasteiger charge is -2.25. The topological polar surface area (TPSA) is 124 Å². The fraction of sp³-hybridized carbons (Fsp3) is 0.400. The van der Waals surface area contributed by atoms with Crippen LogP contribution in [0, 0.1) is 29.1 Å².